The molecule has 170 valence electrons. The summed E-state index contributed by atoms with van der Waals surface area (Å²) < 4.78 is 5.72. The highest BCUT2D eigenvalue weighted by molar-refractivity contribution is 5.96. The maximum absolute atomic E-state index is 14.2. The minimum Gasteiger partial charge on any atom is -0.451 e. The summed E-state index contributed by atoms with van der Waals surface area (Å²) in [5.74, 6) is -1.13. The molecule has 0 aromatic carbocycles. The third-order valence-corrected chi connectivity index (χ3v) is 8.88. The van der Waals surface area contributed by atoms with Crippen LogP contribution in [0.5, 0.6) is 0 Å². The summed E-state index contributed by atoms with van der Waals surface area (Å²) in [6.07, 6.45) is 3.04. The summed E-state index contributed by atoms with van der Waals surface area (Å²) in [4.78, 5) is 26.8. The number of esters is 1. The van der Waals surface area contributed by atoms with Gasteiger partial charge in [0.05, 0.1) is 12.0 Å². The van der Waals surface area contributed by atoms with E-state index in [1.54, 1.807) is 39.0 Å². The van der Waals surface area contributed by atoms with E-state index in [1.807, 2.05) is 6.92 Å². The summed E-state index contributed by atoms with van der Waals surface area (Å²) in [6.45, 7) is 10.8. The monoisotopic (exact) mass is 430 g/mol. The Morgan fingerprint density at radius 3 is 2.58 bits per heavy atom. The Kier molecular flexibility index (Phi) is 4.97. The van der Waals surface area contributed by atoms with E-state index in [4.69, 9.17) is 4.74 Å². The number of rotatable bonds is 3. The molecule has 2 bridgehead atoms. The zero-order chi connectivity index (χ0) is 23.1. The largest absolute Gasteiger partial charge is 0.451 e. The molecule has 4 aliphatic carbocycles. The molecule has 8 atom stereocenters. The van der Waals surface area contributed by atoms with Gasteiger partial charge in [0.15, 0.2) is 17.5 Å². The smallest absolute Gasteiger partial charge is 0.334 e. The van der Waals surface area contributed by atoms with Crippen LogP contribution >= 0.6 is 0 Å². The van der Waals surface area contributed by atoms with Gasteiger partial charge in [-0.05, 0) is 61.5 Å². The number of carbonyl (C=O) groups is 2. The van der Waals surface area contributed by atoms with Crippen molar-refractivity contribution in [3.05, 3.63) is 34.9 Å². The van der Waals surface area contributed by atoms with Crippen LogP contribution in [0.3, 0.4) is 0 Å². The SMILES string of the molecule is C/C=C(/C)C(=O)O[C@H]1C(C)=C[C@]23C(=O)C(C=C(CO)[C@@H](O)[C@]12O)[C@H]1[C@@H](C[C@H]3C)C1(C)C. The fourth-order valence-electron chi connectivity index (χ4n) is 6.91. The second-order valence-electron chi connectivity index (χ2n) is 10.6. The van der Waals surface area contributed by atoms with E-state index in [9.17, 15) is 24.9 Å². The van der Waals surface area contributed by atoms with Gasteiger partial charge in [-0.1, -0.05) is 39.0 Å². The van der Waals surface area contributed by atoms with Gasteiger partial charge in [-0.25, -0.2) is 4.79 Å². The summed E-state index contributed by atoms with van der Waals surface area (Å²) >= 11 is 0. The number of carbonyl (C=O) groups excluding carboxylic acids is 2. The molecule has 2 fully saturated rings. The number of aliphatic hydroxyl groups excluding tert-OH is 2. The molecule has 6 nitrogen and oxygen atoms in total. The molecule has 0 aromatic rings. The molecule has 1 spiro atoms. The van der Waals surface area contributed by atoms with Crippen molar-refractivity contribution >= 4 is 11.8 Å². The van der Waals surface area contributed by atoms with Crippen LogP contribution in [0.1, 0.15) is 48.0 Å². The van der Waals surface area contributed by atoms with E-state index in [1.165, 1.54) is 0 Å². The predicted molar refractivity (Wildman–Crippen MR) is 115 cm³/mol. The number of Topliss-reactive ketones (excluding diaryl/α,β-unsaturated/α-hetero) is 1. The van der Waals surface area contributed by atoms with Gasteiger partial charge in [0, 0.05) is 11.5 Å². The lowest BCUT2D eigenvalue weighted by Crippen LogP contribution is -2.65. The summed E-state index contributed by atoms with van der Waals surface area (Å²) in [5.41, 5.74) is -2.36. The topological polar surface area (TPSA) is 104 Å². The minimum absolute atomic E-state index is 0.0209. The standard InChI is InChI=1S/C25H34O6/c1-7-12(2)22(29)31-21-13(3)10-24-14(4)8-17-18(23(17,5)6)16(20(24)28)9-15(11-26)19(27)25(21,24)30/h7,9-10,14,16-19,21,26-27,30H,8,11H2,1-6H3/b12-7-/t14-,16?,17-,18+,19-,21+,24+,25+/m1/s1. The lowest BCUT2D eigenvalue weighted by Gasteiger charge is -2.48. The maximum Gasteiger partial charge on any atom is 0.334 e. The number of hydrogen-bond acceptors (Lipinski definition) is 6. The molecule has 6 heteroatoms. The van der Waals surface area contributed by atoms with Gasteiger partial charge in [0.1, 0.15) is 6.10 Å². The molecule has 4 aliphatic rings. The summed E-state index contributed by atoms with van der Waals surface area (Å²) in [5, 5.41) is 33.7. The molecular formula is C25H34O6. The molecule has 0 radical (unpaired) electrons. The third kappa shape index (κ3) is 2.61. The normalized spacial score (nSPS) is 45.6. The molecule has 2 saturated carbocycles. The van der Waals surface area contributed by atoms with E-state index in [0.29, 0.717) is 17.1 Å². The zero-order valence-corrected chi connectivity index (χ0v) is 19.2. The van der Waals surface area contributed by atoms with Gasteiger partial charge in [0.2, 0.25) is 0 Å². The fourth-order valence-corrected chi connectivity index (χ4v) is 6.91. The zero-order valence-electron chi connectivity index (χ0n) is 19.2. The van der Waals surface area contributed by atoms with Crippen molar-refractivity contribution in [2.75, 3.05) is 6.61 Å². The molecule has 1 unspecified atom stereocenters. The van der Waals surface area contributed by atoms with Crippen molar-refractivity contribution in [1.82, 2.24) is 0 Å². The summed E-state index contributed by atoms with van der Waals surface area (Å²) in [6, 6.07) is 0. The first-order valence-electron chi connectivity index (χ1n) is 11.2. The van der Waals surface area contributed by atoms with Gasteiger partial charge < -0.3 is 20.1 Å². The third-order valence-electron chi connectivity index (χ3n) is 8.88. The van der Waals surface area contributed by atoms with Crippen LogP contribution in [0.25, 0.3) is 0 Å². The van der Waals surface area contributed by atoms with Gasteiger partial charge >= 0.3 is 5.97 Å². The molecule has 3 N–H and O–H groups in total. The van der Waals surface area contributed by atoms with Crippen LogP contribution in [-0.2, 0) is 14.3 Å². The average molecular weight is 431 g/mol. The second-order valence-corrected chi connectivity index (χ2v) is 10.6. The molecule has 0 heterocycles. The Morgan fingerprint density at radius 1 is 1.35 bits per heavy atom. The number of ketones is 1. The van der Waals surface area contributed by atoms with Crippen molar-refractivity contribution in [3.63, 3.8) is 0 Å². The first-order valence-corrected chi connectivity index (χ1v) is 11.2. The molecular weight excluding hydrogens is 396 g/mol. The maximum atomic E-state index is 14.2. The minimum atomic E-state index is -2.08. The van der Waals surface area contributed by atoms with E-state index < -0.39 is 41.7 Å². The van der Waals surface area contributed by atoms with Crippen LogP contribution in [0.2, 0.25) is 0 Å². The highest BCUT2D eigenvalue weighted by Gasteiger charge is 2.76. The van der Waals surface area contributed by atoms with Crippen LogP contribution in [0, 0.1) is 34.5 Å². The molecule has 31 heavy (non-hydrogen) atoms. The van der Waals surface area contributed by atoms with Gasteiger partial charge in [-0.3, -0.25) is 4.79 Å². The van der Waals surface area contributed by atoms with Gasteiger partial charge in [-0.15, -0.1) is 0 Å². The van der Waals surface area contributed by atoms with Gasteiger partial charge in [0.25, 0.3) is 0 Å². The van der Waals surface area contributed by atoms with Crippen molar-refractivity contribution in [2.45, 2.75) is 65.8 Å². The van der Waals surface area contributed by atoms with E-state index in [0.717, 1.165) is 6.42 Å². The average Bonchev–Trinajstić information content (AvgIpc) is 3.21. The van der Waals surface area contributed by atoms with E-state index >= 15 is 0 Å². The highest BCUT2D eigenvalue weighted by atomic mass is 16.6. The van der Waals surface area contributed by atoms with E-state index in [-0.39, 0.29) is 28.6 Å². The second kappa shape index (κ2) is 6.87. The number of fused-ring (bicyclic) bond motifs is 3. The van der Waals surface area contributed by atoms with Crippen LogP contribution in [0.4, 0.5) is 0 Å². The molecule has 0 aromatic heterocycles. The highest BCUT2D eigenvalue weighted by Crippen LogP contribution is 2.71. The summed E-state index contributed by atoms with van der Waals surface area (Å²) in [7, 11) is 0. The Hall–Kier alpha value is -1.76. The molecule has 0 saturated heterocycles. The Labute approximate surface area is 183 Å². The van der Waals surface area contributed by atoms with Crippen LogP contribution in [0.15, 0.2) is 34.9 Å². The van der Waals surface area contributed by atoms with E-state index in [2.05, 4.69) is 13.8 Å². The number of ether oxygens (including phenoxy) is 1. The Morgan fingerprint density at radius 2 is 2.00 bits per heavy atom. The first-order chi connectivity index (χ1) is 14.4. The molecule has 0 aliphatic heterocycles. The fraction of sp³-hybridized carbons (Fsp3) is 0.680. The van der Waals surface area contributed by atoms with Crippen molar-refractivity contribution in [1.29, 1.82) is 0 Å². The van der Waals surface area contributed by atoms with Crippen molar-refractivity contribution < 1.29 is 29.6 Å². The lowest BCUT2D eigenvalue weighted by atomic mass is 9.59. The van der Waals surface area contributed by atoms with Crippen molar-refractivity contribution in [3.8, 4) is 0 Å². The molecule has 0 amide bonds. The van der Waals surface area contributed by atoms with Crippen LogP contribution in [-0.4, -0.2) is 51.5 Å². The van der Waals surface area contributed by atoms with Crippen molar-refractivity contribution in [2.24, 2.45) is 34.5 Å². The number of aliphatic hydroxyl groups is 3. The Balaban J connectivity index is 1.91. The number of hydrogen-bond donors (Lipinski definition) is 3. The predicted octanol–water partition coefficient (Wildman–Crippen LogP) is 2.33. The lowest BCUT2D eigenvalue weighted by molar-refractivity contribution is -0.201. The Bertz CT molecular complexity index is 926. The molecule has 4 rings (SSSR count). The van der Waals surface area contributed by atoms with Crippen LogP contribution < -0.4 is 0 Å². The first kappa shape index (κ1) is 22.4. The number of allylic oxidation sites excluding steroid dienone is 2. The van der Waals surface area contributed by atoms with Gasteiger partial charge in [-0.2, -0.15) is 0 Å². The quantitative estimate of drug-likeness (QED) is 0.361.